The topological polar surface area (TPSA) is 57.4 Å². The zero-order valence-corrected chi connectivity index (χ0v) is 25.8. The summed E-state index contributed by atoms with van der Waals surface area (Å²) in [5.41, 5.74) is 11.6. The fraction of sp³-hybridized carbons (Fsp3) is 0. The van der Waals surface area contributed by atoms with Crippen molar-refractivity contribution >= 4 is 43.6 Å². The fourth-order valence-corrected chi connectivity index (χ4v) is 7.23. The Morgan fingerprint density at radius 2 is 0.833 bits per heavy atom. The van der Waals surface area contributed by atoms with Crippen molar-refractivity contribution < 1.29 is 0 Å². The molecule has 0 aliphatic heterocycles. The molecule has 0 N–H and O–H groups in total. The summed E-state index contributed by atoms with van der Waals surface area (Å²) >= 11 is 0. The molecule has 0 aliphatic carbocycles. The van der Waals surface area contributed by atoms with E-state index in [1.54, 1.807) is 0 Å². The van der Waals surface area contributed by atoms with Gasteiger partial charge in [-0.05, 0) is 65.2 Å². The Kier molecular flexibility index (Phi) is 6.22. The Hall–Kier alpha value is -6.88. The third kappa shape index (κ3) is 4.14. The van der Waals surface area contributed by atoms with Crippen LogP contribution in [-0.4, -0.2) is 9.13 Å². The van der Waals surface area contributed by atoms with E-state index < -0.39 is 0 Å². The van der Waals surface area contributed by atoms with Crippen LogP contribution in [0.1, 0.15) is 11.1 Å². The van der Waals surface area contributed by atoms with E-state index >= 15 is 0 Å². The number of hydrogen-bond donors (Lipinski definition) is 0. The third-order valence-electron chi connectivity index (χ3n) is 9.42. The van der Waals surface area contributed by atoms with Crippen LogP contribution >= 0.6 is 0 Å². The van der Waals surface area contributed by atoms with Crippen LogP contribution < -0.4 is 0 Å². The molecule has 2 aromatic heterocycles. The molecule has 9 aromatic rings. The molecule has 0 fully saturated rings. The number of hydrogen-bond acceptors (Lipinski definition) is 2. The average Bonchev–Trinajstić information content (AvgIpc) is 3.67. The van der Waals surface area contributed by atoms with E-state index in [-0.39, 0.29) is 0 Å². The SMILES string of the molecule is N#Cc1ccc(-c2ccc(-c3ccc(C#N)c(-n4c5ccccc5c5ccccc54)c3)cc2)c(-n2c3ccccc3c3ccccc32)c1. The number of para-hydroxylation sites is 4. The number of nitriles is 2. The van der Waals surface area contributed by atoms with Gasteiger partial charge in [0.25, 0.3) is 0 Å². The number of benzene rings is 7. The van der Waals surface area contributed by atoms with Gasteiger partial charge in [-0.25, -0.2) is 0 Å². The van der Waals surface area contributed by atoms with Crippen LogP contribution in [0.5, 0.6) is 0 Å². The first kappa shape index (κ1) is 27.4. The predicted octanol–water partition coefficient (Wildman–Crippen LogP) is 11.0. The molecule has 2 heterocycles. The Morgan fingerprint density at radius 3 is 1.33 bits per heavy atom. The van der Waals surface area contributed by atoms with E-state index in [9.17, 15) is 10.5 Å². The Bertz CT molecular complexity index is 2690. The highest BCUT2D eigenvalue weighted by Gasteiger charge is 2.18. The summed E-state index contributed by atoms with van der Waals surface area (Å²) in [5, 5.41) is 24.7. The molecule has 0 saturated heterocycles. The minimum atomic E-state index is 0.613. The second-order valence-electron chi connectivity index (χ2n) is 12.0. The van der Waals surface area contributed by atoms with E-state index in [1.165, 1.54) is 10.8 Å². The largest absolute Gasteiger partial charge is 0.309 e. The van der Waals surface area contributed by atoms with Gasteiger partial charge in [0.1, 0.15) is 6.07 Å². The zero-order valence-electron chi connectivity index (χ0n) is 25.8. The van der Waals surface area contributed by atoms with Gasteiger partial charge < -0.3 is 9.13 Å². The van der Waals surface area contributed by atoms with Gasteiger partial charge in [0.05, 0.1) is 50.6 Å². The maximum atomic E-state index is 10.2. The van der Waals surface area contributed by atoms with Crippen molar-refractivity contribution in [3.05, 3.63) is 169 Å². The highest BCUT2D eigenvalue weighted by atomic mass is 15.0. The monoisotopic (exact) mass is 610 g/mol. The number of rotatable bonds is 4. The van der Waals surface area contributed by atoms with Gasteiger partial charge in [-0.3, -0.25) is 0 Å². The lowest BCUT2D eigenvalue weighted by Crippen LogP contribution is -1.99. The van der Waals surface area contributed by atoms with Crippen molar-refractivity contribution in [2.75, 3.05) is 0 Å². The van der Waals surface area contributed by atoms with Gasteiger partial charge in [0.2, 0.25) is 0 Å². The Morgan fingerprint density at radius 1 is 0.375 bits per heavy atom. The summed E-state index contributed by atoms with van der Waals surface area (Å²) in [6.45, 7) is 0. The second-order valence-corrected chi connectivity index (χ2v) is 12.0. The summed E-state index contributed by atoms with van der Waals surface area (Å²) in [6.07, 6.45) is 0. The molecule has 0 amide bonds. The summed E-state index contributed by atoms with van der Waals surface area (Å²) in [4.78, 5) is 0. The normalized spacial score (nSPS) is 11.3. The third-order valence-corrected chi connectivity index (χ3v) is 9.42. The maximum absolute atomic E-state index is 10.2. The molecule has 0 radical (unpaired) electrons. The summed E-state index contributed by atoms with van der Waals surface area (Å²) < 4.78 is 4.48. The van der Waals surface area contributed by atoms with Crippen molar-refractivity contribution in [3.8, 4) is 45.8 Å². The van der Waals surface area contributed by atoms with Crippen LogP contribution in [0.2, 0.25) is 0 Å². The van der Waals surface area contributed by atoms with Crippen LogP contribution in [0, 0.1) is 22.7 Å². The molecule has 0 unspecified atom stereocenters. The highest BCUT2D eigenvalue weighted by Crippen LogP contribution is 2.38. The lowest BCUT2D eigenvalue weighted by Gasteiger charge is -2.15. The van der Waals surface area contributed by atoms with E-state index in [0.717, 1.165) is 66.5 Å². The molecular weight excluding hydrogens is 585 g/mol. The molecule has 48 heavy (non-hydrogen) atoms. The number of aromatic nitrogens is 2. The molecule has 0 atom stereocenters. The lowest BCUT2D eigenvalue weighted by molar-refractivity contribution is 1.17. The predicted molar refractivity (Wildman–Crippen MR) is 195 cm³/mol. The van der Waals surface area contributed by atoms with Crippen molar-refractivity contribution in [1.29, 1.82) is 10.5 Å². The van der Waals surface area contributed by atoms with Gasteiger partial charge in [0.15, 0.2) is 0 Å². The maximum Gasteiger partial charge on any atom is 0.101 e. The number of nitrogens with zero attached hydrogens (tertiary/aromatic N) is 4. The average molecular weight is 611 g/mol. The smallest absolute Gasteiger partial charge is 0.101 e. The van der Waals surface area contributed by atoms with Crippen LogP contribution in [0.15, 0.2) is 158 Å². The van der Waals surface area contributed by atoms with Gasteiger partial charge in [-0.15, -0.1) is 0 Å². The van der Waals surface area contributed by atoms with Crippen LogP contribution in [-0.2, 0) is 0 Å². The first-order valence-corrected chi connectivity index (χ1v) is 15.9. The molecule has 7 aromatic carbocycles. The molecule has 0 bridgehead atoms. The first-order chi connectivity index (χ1) is 23.7. The summed E-state index contributed by atoms with van der Waals surface area (Å²) in [7, 11) is 0. The number of fused-ring (bicyclic) bond motifs is 6. The minimum Gasteiger partial charge on any atom is -0.309 e. The quantitative estimate of drug-likeness (QED) is 0.199. The molecule has 0 aliphatic rings. The molecule has 4 heteroatoms. The second kappa shape index (κ2) is 10.9. The van der Waals surface area contributed by atoms with Crippen molar-refractivity contribution in [2.24, 2.45) is 0 Å². The Labute approximate surface area is 277 Å². The lowest BCUT2D eigenvalue weighted by atomic mass is 9.97. The van der Waals surface area contributed by atoms with E-state index in [1.807, 2.05) is 36.4 Å². The van der Waals surface area contributed by atoms with E-state index in [2.05, 4.69) is 143 Å². The highest BCUT2D eigenvalue weighted by molar-refractivity contribution is 6.10. The van der Waals surface area contributed by atoms with Gasteiger partial charge in [-0.2, -0.15) is 10.5 Å². The molecule has 222 valence electrons. The minimum absolute atomic E-state index is 0.613. The molecule has 0 saturated carbocycles. The van der Waals surface area contributed by atoms with Crippen LogP contribution in [0.3, 0.4) is 0 Å². The van der Waals surface area contributed by atoms with Gasteiger partial charge in [-0.1, -0.05) is 109 Å². The summed E-state index contributed by atoms with van der Waals surface area (Å²) in [6, 6.07) is 58.9. The Balaban J connectivity index is 1.19. The first-order valence-electron chi connectivity index (χ1n) is 15.9. The van der Waals surface area contributed by atoms with Crippen LogP contribution in [0.25, 0.3) is 77.2 Å². The van der Waals surface area contributed by atoms with E-state index in [0.29, 0.717) is 11.1 Å². The molecule has 9 rings (SSSR count). The fourth-order valence-electron chi connectivity index (χ4n) is 7.23. The van der Waals surface area contributed by atoms with Crippen molar-refractivity contribution in [2.45, 2.75) is 0 Å². The zero-order chi connectivity index (χ0) is 32.2. The van der Waals surface area contributed by atoms with Gasteiger partial charge in [0, 0.05) is 27.1 Å². The molecule has 0 spiro atoms. The van der Waals surface area contributed by atoms with Crippen molar-refractivity contribution in [1.82, 2.24) is 9.13 Å². The molecular formula is C44H26N4. The van der Waals surface area contributed by atoms with Crippen molar-refractivity contribution in [3.63, 3.8) is 0 Å². The summed E-state index contributed by atoms with van der Waals surface area (Å²) in [5.74, 6) is 0. The molecule has 4 nitrogen and oxygen atoms in total. The van der Waals surface area contributed by atoms with Crippen LogP contribution in [0.4, 0.5) is 0 Å². The standard InChI is InChI=1S/C44H26N4/c45-27-29-17-24-34(44(25-29)48-41-15-7-3-11-37(41)38-12-4-8-16-42(38)48)31-20-18-30(19-21-31)32-22-23-33(28-46)43(26-32)47-39-13-5-1-9-35(39)36-10-2-6-14-40(36)47/h1-26H. The van der Waals surface area contributed by atoms with E-state index in [4.69, 9.17) is 0 Å². The van der Waals surface area contributed by atoms with Gasteiger partial charge >= 0.3 is 0 Å².